The van der Waals surface area contributed by atoms with E-state index in [1.807, 2.05) is 0 Å². The van der Waals surface area contributed by atoms with Crippen LogP contribution >= 0.6 is 18.8 Å². The van der Waals surface area contributed by atoms with E-state index in [1.54, 1.807) is 0 Å². The van der Waals surface area contributed by atoms with E-state index < -0.39 is 16.5 Å². The van der Waals surface area contributed by atoms with Crippen molar-refractivity contribution in [2.24, 2.45) is 0 Å². The zero-order chi connectivity index (χ0) is 26.9. The third kappa shape index (κ3) is 10.2. The normalized spacial score (nSPS) is 13.7. The summed E-state index contributed by atoms with van der Waals surface area (Å²) >= 11 is -0.472. The number of anilines is 4. The van der Waals surface area contributed by atoms with Crippen LogP contribution in [0.25, 0.3) is 0 Å². The van der Waals surface area contributed by atoms with Crippen molar-refractivity contribution in [3.05, 3.63) is 61.9 Å². The molecule has 7 heteroatoms. The molecule has 0 saturated carbocycles. The molecule has 2 aromatic carbocycles. The van der Waals surface area contributed by atoms with Gasteiger partial charge in [-0.1, -0.05) is 77.6 Å². The molecule has 4 rings (SSSR count). The second kappa shape index (κ2) is 19.0. The SMILES string of the molecule is CCCCN1[CH-]N(CCCC)c2ccccc21.CCCCN1[CH-]N(CCCC)c2ccccc21.[Cl][Pt+2][Cl]. The van der Waals surface area contributed by atoms with Gasteiger partial charge in [-0.25, -0.2) is 0 Å². The second-order valence-corrected chi connectivity index (χ2v) is 12.7. The van der Waals surface area contributed by atoms with Crippen LogP contribution in [0.3, 0.4) is 0 Å². The minimum absolute atomic E-state index is 0.472. The monoisotopic (exact) mass is 727 g/mol. The molecule has 0 radical (unpaired) electrons. The van der Waals surface area contributed by atoms with Crippen molar-refractivity contribution >= 4 is 41.6 Å². The minimum atomic E-state index is -0.472. The summed E-state index contributed by atoms with van der Waals surface area (Å²) in [6.45, 7) is 18.1. The van der Waals surface area contributed by atoms with E-state index in [-0.39, 0.29) is 0 Å². The van der Waals surface area contributed by atoms with Gasteiger partial charge in [-0.05, 0) is 76.1 Å². The first-order valence-corrected chi connectivity index (χ1v) is 19.5. The van der Waals surface area contributed by atoms with Gasteiger partial charge in [-0.2, -0.15) is 13.3 Å². The van der Waals surface area contributed by atoms with Crippen molar-refractivity contribution in [3.63, 3.8) is 0 Å². The van der Waals surface area contributed by atoms with Crippen LogP contribution in [0.4, 0.5) is 22.7 Å². The Balaban J connectivity index is 0.000000235. The van der Waals surface area contributed by atoms with Crippen molar-refractivity contribution in [1.29, 1.82) is 0 Å². The molecule has 0 atom stereocenters. The number of fused-ring (bicyclic) bond motifs is 2. The number of rotatable bonds is 12. The molecule has 210 valence electrons. The van der Waals surface area contributed by atoms with E-state index in [2.05, 4.69) is 109 Å². The van der Waals surface area contributed by atoms with Crippen molar-refractivity contribution in [3.8, 4) is 0 Å². The molecule has 0 fully saturated rings. The Kier molecular flexibility index (Phi) is 16.5. The molecule has 2 aliphatic heterocycles. The van der Waals surface area contributed by atoms with Crippen LogP contribution in [0.2, 0.25) is 0 Å². The standard InChI is InChI=1S/2C15H23N2.2ClH.Pt/c2*1-3-5-11-16-13-17(12-6-4-2)15-10-8-7-9-14(15)16;;;/h2*7-10,13H,3-6,11-12H2,1-2H3;2*1H;/q2*-1;;;+4/p-2. The van der Waals surface area contributed by atoms with Gasteiger partial charge < -0.3 is 19.6 Å². The van der Waals surface area contributed by atoms with Crippen LogP contribution in [0.1, 0.15) is 79.1 Å². The van der Waals surface area contributed by atoms with Gasteiger partial charge in [0.15, 0.2) is 0 Å². The van der Waals surface area contributed by atoms with Gasteiger partial charge in [-0.3, -0.25) is 0 Å². The Morgan fingerprint density at radius 3 is 0.919 bits per heavy atom. The summed E-state index contributed by atoms with van der Waals surface area (Å²) in [7, 11) is 9.75. The molecular weight excluding hydrogens is 682 g/mol. The maximum absolute atomic E-state index is 4.88. The van der Waals surface area contributed by atoms with Crippen molar-refractivity contribution in [1.82, 2.24) is 0 Å². The average molecular weight is 729 g/mol. The first-order chi connectivity index (χ1) is 18.1. The zero-order valence-electron chi connectivity index (χ0n) is 23.1. The third-order valence-corrected chi connectivity index (χ3v) is 6.57. The van der Waals surface area contributed by atoms with Crippen molar-refractivity contribution in [2.75, 3.05) is 45.8 Å². The zero-order valence-corrected chi connectivity index (χ0v) is 26.9. The first kappa shape index (κ1) is 32.1. The number of halogens is 2. The fourth-order valence-electron chi connectivity index (χ4n) is 4.51. The fourth-order valence-corrected chi connectivity index (χ4v) is 4.51. The molecular formula is C30H46Cl2N4Pt. The van der Waals surface area contributed by atoms with Gasteiger partial charge in [0, 0.05) is 22.7 Å². The molecule has 0 saturated heterocycles. The molecule has 2 aliphatic rings. The van der Waals surface area contributed by atoms with E-state index in [9.17, 15) is 0 Å². The summed E-state index contributed by atoms with van der Waals surface area (Å²) in [5.74, 6) is 0. The predicted octanol–water partition coefficient (Wildman–Crippen LogP) is 9.44. The van der Waals surface area contributed by atoms with E-state index in [0.29, 0.717) is 0 Å². The van der Waals surface area contributed by atoms with Gasteiger partial charge in [0.1, 0.15) is 0 Å². The number of nitrogens with zero attached hydrogens (tertiary/aromatic N) is 4. The molecule has 0 N–H and O–H groups in total. The summed E-state index contributed by atoms with van der Waals surface area (Å²) < 4.78 is 0. The Morgan fingerprint density at radius 1 is 0.514 bits per heavy atom. The Morgan fingerprint density at radius 2 is 0.730 bits per heavy atom. The number of benzene rings is 2. The topological polar surface area (TPSA) is 13.0 Å². The van der Waals surface area contributed by atoms with Gasteiger partial charge in [-0.15, -0.1) is 0 Å². The van der Waals surface area contributed by atoms with E-state index in [0.717, 1.165) is 26.2 Å². The van der Waals surface area contributed by atoms with Crippen LogP contribution < -0.4 is 19.6 Å². The Labute approximate surface area is 243 Å². The van der Waals surface area contributed by atoms with Crippen LogP contribution in [0, 0.1) is 13.3 Å². The number of para-hydroxylation sites is 4. The Bertz CT molecular complexity index is 733. The van der Waals surface area contributed by atoms with Crippen LogP contribution in [-0.4, -0.2) is 26.2 Å². The molecule has 4 nitrogen and oxygen atoms in total. The summed E-state index contributed by atoms with van der Waals surface area (Å²) in [6.07, 6.45) is 10.0. The van der Waals surface area contributed by atoms with Gasteiger partial charge in [0.05, 0.1) is 0 Å². The third-order valence-electron chi connectivity index (χ3n) is 6.57. The van der Waals surface area contributed by atoms with Crippen LogP contribution in [-0.2, 0) is 16.5 Å². The van der Waals surface area contributed by atoms with Gasteiger partial charge >= 0.3 is 35.3 Å². The molecule has 0 unspecified atom stereocenters. The molecule has 0 bridgehead atoms. The summed E-state index contributed by atoms with van der Waals surface area (Å²) in [6, 6.07) is 17.5. The maximum atomic E-state index is 4.88. The number of hydrogen-bond acceptors (Lipinski definition) is 4. The van der Waals surface area contributed by atoms with E-state index in [4.69, 9.17) is 18.8 Å². The fraction of sp³-hybridized carbons (Fsp3) is 0.533. The average Bonchev–Trinajstić information content (AvgIpc) is 3.47. The molecule has 0 aromatic heterocycles. The summed E-state index contributed by atoms with van der Waals surface area (Å²) in [5.41, 5.74) is 5.49. The Hall–Kier alpha value is -1.09. The van der Waals surface area contributed by atoms with E-state index >= 15 is 0 Å². The van der Waals surface area contributed by atoms with Crippen molar-refractivity contribution < 1.29 is 16.5 Å². The molecule has 0 aliphatic carbocycles. The van der Waals surface area contributed by atoms with Gasteiger partial charge in [0.25, 0.3) is 0 Å². The molecule has 0 amide bonds. The first-order valence-electron chi connectivity index (χ1n) is 13.9. The summed E-state index contributed by atoms with van der Waals surface area (Å²) in [5, 5.41) is 0. The quantitative estimate of drug-likeness (QED) is 0.202. The number of unbranched alkanes of at least 4 members (excludes halogenated alkanes) is 4. The number of hydrogen-bond donors (Lipinski definition) is 0. The molecule has 0 spiro atoms. The van der Waals surface area contributed by atoms with Crippen LogP contribution in [0.15, 0.2) is 48.5 Å². The molecule has 2 aromatic rings. The molecule has 2 heterocycles. The molecule has 37 heavy (non-hydrogen) atoms. The predicted molar refractivity (Wildman–Crippen MR) is 162 cm³/mol. The van der Waals surface area contributed by atoms with E-state index in [1.165, 1.54) is 74.1 Å². The second-order valence-electron chi connectivity index (χ2n) is 9.44. The summed E-state index contributed by atoms with van der Waals surface area (Å²) in [4.78, 5) is 9.59. The van der Waals surface area contributed by atoms with Crippen LogP contribution in [0.5, 0.6) is 0 Å². The van der Waals surface area contributed by atoms with Crippen molar-refractivity contribution in [2.45, 2.75) is 79.1 Å². The van der Waals surface area contributed by atoms with Gasteiger partial charge in [0.2, 0.25) is 0 Å².